The van der Waals surface area contributed by atoms with Crippen molar-refractivity contribution in [3.05, 3.63) is 85.1 Å². The monoisotopic (exact) mass is 923 g/mol. The van der Waals surface area contributed by atoms with Crippen LogP contribution < -0.4 is 0 Å². The highest BCUT2D eigenvalue weighted by molar-refractivity contribution is 7.47. The predicted octanol–water partition coefficient (Wildman–Crippen LogP) is 8.46. The van der Waals surface area contributed by atoms with Crippen molar-refractivity contribution in [1.29, 1.82) is 0 Å². The lowest BCUT2D eigenvalue weighted by Gasteiger charge is -2.41. The van der Waals surface area contributed by atoms with Gasteiger partial charge < -0.3 is 39.9 Å². The zero-order valence-electron chi connectivity index (χ0n) is 38.3. The van der Waals surface area contributed by atoms with Gasteiger partial charge in [0.25, 0.3) is 0 Å². The number of aliphatic hydroxyl groups is 5. The van der Waals surface area contributed by atoms with Crippen molar-refractivity contribution in [2.45, 2.75) is 191 Å². The van der Waals surface area contributed by atoms with Crippen molar-refractivity contribution >= 4 is 25.5 Å². The standard InChI is InChI=1S/C49H79O14P/c1-3-5-7-9-11-13-15-17-18-19-20-22-24-26-28-30-32-36-43(52)62-41(39-61-64(58,59)63-49-47(56)45(54)44(53)46(55)48(49)57)38-60-42(51)37-33-35-40(50)34-31-29-27-25-23-21-16-14-12-10-8-6-4-2/h11-14,17-18,20-23,27,29,31,34,41,44-49,53-57H,3-10,15-16,19,24-26,28,30,32-33,35-39H2,1-2H3,(H,58,59)/b13-11-,14-12-,18-17-,22-20-,23-21-,29-27-,34-31+/t41-,44?,45-,46+,47-,48-,49?/m1/s1. The summed E-state index contributed by atoms with van der Waals surface area (Å²) in [4.78, 5) is 48.0. The molecule has 3 unspecified atom stereocenters. The van der Waals surface area contributed by atoms with Gasteiger partial charge in [-0.1, -0.05) is 131 Å². The number of carbonyl (C=O) groups is 3. The lowest BCUT2D eigenvalue weighted by molar-refractivity contribution is -0.220. The van der Waals surface area contributed by atoms with Crippen LogP contribution in [0.4, 0.5) is 0 Å². The van der Waals surface area contributed by atoms with Gasteiger partial charge in [0.05, 0.1) is 6.61 Å². The molecule has 0 spiro atoms. The first-order valence-corrected chi connectivity index (χ1v) is 24.8. The SMILES string of the molecule is CCCCC/C=C\C/C=C\C/C=C\C=C\C(=O)CCCC(=O)OC[C@H](COP(=O)(O)OC1[C@H](O)[C@H](O)C(O)[C@H](O)[C@H]1O)OC(=O)CCCCCC/C=C\C/C=C\C/C=C\CCCCC. The van der Waals surface area contributed by atoms with E-state index in [1.54, 1.807) is 12.2 Å². The van der Waals surface area contributed by atoms with Crippen LogP contribution in [0.15, 0.2) is 85.1 Å². The Labute approximate surface area is 382 Å². The average molecular weight is 923 g/mol. The molecule has 0 aromatic heterocycles. The molecule has 6 N–H and O–H groups in total. The van der Waals surface area contributed by atoms with Gasteiger partial charge in [-0.25, -0.2) is 4.57 Å². The quantitative estimate of drug-likeness (QED) is 0.00859. The number of aliphatic hydroxyl groups excluding tert-OH is 5. The second-order valence-corrected chi connectivity index (χ2v) is 17.3. The molecule has 0 bridgehead atoms. The molecular formula is C49H79O14P. The van der Waals surface area contributed by atoms with Crippen molar-refractivity contribution in [2.24, 2.45) is 0 Å². The molecule has 64 heavy (non-hydrogen) atoms. The van der Waals surface area contributed by atoms with Crippen molar-refractivity contribution in [3.8, 4) is 0 Å². The molecule has 364 valence electrons. The molecule has 0 radical (unpaired) electrons. The number of esters is 2. The molecule has 1 aliphatic carbocycles. The maximum Gasteiger partial charge on any atom is 0.472 e. The third-order valence-electron chi connectivity index (χ3n) is 10.2. The van der Waals surface area contributed by atoms with Gasteiger partial charge in [-0.3, -0.25) is 23.4 Å². The zero-order valence-corrected chi connectivity index (χ0v) is 39.2. The van der Waals surface area contributed by atoms with E-state index in [1.807, 2.05) is 6.08 Å². The summed E-state index contributed by atoms with van der Waals surface area (Å²) in [7, 11) is -5.19. The highest BCUT2D eigenvalue weighted by atomic mass is 31.2. The van der Waals surface area contributed by atoms with Gasteiger partial charge in [0, 0.05) is 19.3 Å². The second-order valence-electron chi connectivity index (χ2n) is 15.9. The lowest BCUT2D eigenvalue weighted by Crippen LogP contribution is -2.64. The van der Waals surface area contributed by atoms with E-state index in [4.69, 9.17) is 18.5 Å². The van der Waals surface area contributed by atoms with E-state index in [0.29, 0.717) is 6.42 Å². The smallest absolute Gasteiger partial charge is 0.462 e. The molecule has 0 saturated heterocycles. The minimum atomic E-state index is -5.19. The lowest BCUT2D eigenvalue weighted by atomic mass is 9.85. The van der Waals surface area contributed by atoms with Gasteiger partial charge in [-0.05, 0) is 83.1 Å². The molecule has 14 nitrogen and oxygen atoms in total. The third kappa shape index (κ3) is 30.0. The number of carbonyl (C=O) groups excluding carboxylic acids is 3. The van der Waals surface area contributed by atoms with Gasteiger partial charge in [-0.15, -0.1) is 0 Å². The summed E-state index contributed by atoms with van der Waals surface area (Å²) in [5.41, 5.74) is 0. The first-order valence-electron chi connectivity index (χ1n) is 23.3. The summed E-state index contributed by atoms with van der Waals surface area (Å²) in [6, 6.07) is 0. The fourth-order valence-corrected chi connectivity index (χ4v) is 7.34. The van der Waals surface area contributed by atoms with E-state index in [9.17, 15) is 49.4 Å². The molecule has 0 aromatic rings. The minimum Gasteiger partial charge on any atom is -0.462 e. The Bertz CT molecular complexity index is 1500. The van der Waals surface area contributed by atoms with Crippen LogP contribution in [-0.2, 0) is 37.5 Å². The second kappa shape index (κ2) is 37.9. The van der Waals surface area contributed by atoms with Crippen molar-refractivity contribution in [2.75, 3.05) is 13.2 Å². The topological polar surface area (TPSA) is 227 Å². The Morgan fingerprint density at radius 2 is 1.00 bits per heavy atom. The van der Waals surface area contributed by atoms with Crippen molar-refractivity contribution in [3.63, 3.8) is 0 Å². The van der Waals surface area contributed by atoms with Crippen LogP contribution in [-0.4, -0.2) is 104 Å². The number of hydrogen-bond acceptors (Lipinski definition) is 13. The summed E-state index contributed by atoms with van der Waals surface area (Å²) >= 11 is 0. The first kappa shape index (κ1) is 58.7. The van der Waals surface area contributed by atoms with Crippen LogP contribution in [0.3, 0.4) is 0 Å². The number of phosphoric acid groups is 1. The van der Waals surface area contributed by atoms with Crippen LogP contribution in [0.25, 0.3) is 0 Å². The Kier molecular flexibility index (Phi) is 34.7. The van der Waals surface area contributed by atoms with E-state index in [0.717, 1.165) is 64.2 Å². The highest BCUT2D eigenvalue weighted by Crippen LogP contribution is 2.47. The number of unbranched alkanes of at least 4 members (excludes halogenated alkanes) is 10. The number of phosphoric ester groups is 1. The Hall–Kier alpha value is -3.30. The number of ketones is 1. The summed E-state index contributed by atoms with van der Waals surface area (Å²) < 4.78 is 33.3. The molecule has 0 aliphatic heterocycles. The molecule has 15 heteroatoms. The van der Waals surface area contributed by atoms with Crippen LogP contribution in [0.2, 0.25) is 0 Å². The summed E-state index contributed by atoms with van der Waals surface area (Å²) in [5.74, 6) is -1.57. The van der Waals surface area contributed by atoms with E-state index >= 15 is 0 Å². The predicted molar refractivity (Wildman–Crippen MR) is 249 cm³/mol. The third-order valence-corrected chi connectivity index (χ3v) is 11.2. The van der Waals surface area contributed by atoms with Crippen LogP contribution in [0, 0.1) is 0 Å². The molecule has 0 aromatic carbocycles. The van der Waals surface area contributed by atoms with E-state index < -0.39 is 75.7 Å². The van der Waals surface area contributed by atoms with Gasteiger partial charge >= 0.3 is 19.8 Å². The normalized spacial score (nSPS) is 22.2. The van der Waals surface area contributed by atoms with Gasteiger partial charge in [-0.2, -0.15) is 0 Å². The largest absolute Gasteiger partial charge is 0.472 e. The summed E-state index contributed by atoms with van der Waals surface area (Å²) in [6.45, 7) is 3.00. The maximum atomic E-state index is 12.8. The molecule has 0 amide bonds. The van der Waals surface area contributed by atoms with Gasteiger partial charge in [0.1, 0.15) is 43.2 Å². The Morgan fingerprint density at radius 3 is 1.55 bits per heavy atom. The molecule has 1 fully saturated rings. The fraction of sp³-hybridized carbons (Fsp3) is 0.653. The Morgan fingerprint density at radius 1 is 0.531 bits per heavy atom. The van der Waals surface area contributed by atoms with Gasteiger partial charge in [0.15, 0.2) is 11.9 Å². The van der Waals surface area contributed by atoms with E-state index in [1.165, 1.54) is 44.6 Å². The van der Waals surface area contributed by atoms with Crippen molar-refractivity contribution < 1.29 is 67.9 Å². The zero-order chi connectivity index (χ0) is 47.3. The average Bonchev–Trinajstić information content (AvgIpc) is 3.27. The number of allylic oxidation sites excluding steroid dienone is 14. The molecule has 1 rings (SSSR count). The summed E-state index contributed by atoms with van der Waals surface area (Å²) in [6.07, 6.45) is 32.0. The number of hydrogen-bond donors (Lipinski definition) is 6. The Balaban J connectivity index is 2.57. The maximum absolute atomic E-state index is 12.8. The van der Waals surface area contributed by atoms with Crippen LogP contribution in [0.5, 0.6) is 0 Å². The van der Waals surface area contributed by atoms with Crippen LogP contribution >= 0.6 is 7.82 Å². The molecular weight excluding hydrogens is 843 g/mol. The van der Waals surface area contributed by atoms with Gasteiger partial charge in [0.2, 0.25) is 0 Å². The van der Waals surface area contributed by atoms with E-state index in [-0.39, 0.29) is 31.5 Å². The van der Waals surface area contributed by atoms with E-state index in [2.05, 4.69) is 74.6 Å². The molecule has 1 saturated carbocycles. The number of rotatable bonds is 37. The molecule has 0 heterocycles. The summed E-state index contributed by atoms with van der Waals surface area (Å²) in [5, 5.41) is 50.1. The van der Waals surface area contributed by atoms with Crippen molar-refractivity contribution in [1.82, 2.24) is 0 Å². The van der Waals surface area contributed by atoms with Crippen LogP contribution in [0.1, 0.15) is 149 Å². The minimum absolute atomic E-state index is 0.0162. The first-order chi connectivity index (χ1) is 30.8. The molecule has 8 atom stereocenters. The fourth-order valence-electron chi connectivity index (χ4n) is 6.36. The number of ether oxygens (including phenoxy) is 2. The molecule has 1 aliphatic rings. The highest BCUT2D eigenvalue weighted by Gasteiger charge is 2.51.